The Bertz CT molecular complexity index is 648. The van der Waals surface area contributed by atoms with E-state index in [1.54, 1.807) is 30.2 Å². The zero-order valence-electron chi connectivity index (χ0n) is 15.4. The Morgan fingerprint density at radius 3 is 2.27 bits per heavy atom. The van der Waals surface area contributed by atoms with E-state index in [0.717, 1.165) is 38.8 Å². The molecule has 0 atom stereocenters. The molecule has 0 bridgehead atoms. The van der Waals surface area contributed by atoms with Gasteiger partial charge in [-0.25, -0.2) is 0 Å². The van der Waals surface area contributed by atoms with Crippen molar-refractivity contribution >= 4 is 23.4 Å². The Labute approximate surface area is 160 Å². The zero-order chi connectivity index (χ0) is 18.5. The number of halogens is 1. The highest BCUT2D eigenvalue weighted by atomic mass is 35.5. The Morgan fingerprint density at radius 2 is 1.65 bits per heavy atom. The standard InChI is InChI=1S/C20H27ClN2O3/c1-26-18-7-6-16(21)14-17(18)20(25)23-12-8-15(9-13-23)19(24)22-10-4-2-3-5-11-22/h6-7,14-15H,2-5,8-13H2,1H3. The van der Waals surface area contributed by atoms with Crippen molar-refractivity contribution in [3.63, 3.8) is 0 Å². The number of amides is 2. The lowest BCUT2D eigenvalue weighted by atomic mass is 9.94. The van der Waals surface area contributed by atoms with E-state index in [2.05, 4.69) is 0 Å². The van der Waals surface area contributed by atoms with E-state index in [1.807, 2.05) is 4.90 Å². The number of ether oxygens (including phenoxy) is 1. The van der Waals surface area contributed by atoms with E-state index in [1.165, 1.54) is 12.8 Å². The van der Waals surface area contributed by atoms with Gasteiger partial charge in [0, 0.05) is 37.1 Å². The predicted molar refractivity (Wildman–Crippen MR) is 102 cm³/mol. The molecule has 0 aromatic heterocycles. The summed E-state index contributed by atoms with van der Waals surface area (Å²) in [5.74, 6) is 0.768. The van der Waals surface area contributed by atoms with Crippen LogP contribution in [0.25, 0.3) is 0 Å². The minimum atomic E-state index is -0.0787. The average Bonchev–Trinajstić information content (AvgIpc) is 2.96. The van der Waals surface area contributed by atoms with Gasteiger partial charge in [-0.3, -0.25) is 9.59 Å². The average molecular weight is 379 g/mol. The fourth-order valence-corrected chi connectivity index (χ4v) is 4.07. The first kappa shape index (κ1) is 19.0. The van der Waals surface area contributed by atoms with Gasteiger partial charge >= 0.3 is 0 Å². The number of hydrogen-bond donors (Lipinski definition) is 0. The summed E-state index contributed by atoms with van der Waals surface area (Å²) in [6.07, 6.45) is 6.11. The number of benzene rings is 1. The summed E-state index contributed by atoms with van der Waals surface area (Å²) in [6.45, 7) is 2.97. The number of hydrogen-bond acceptors (Lipinski definition) is 3. The highest BCUT2D eigenvalue weighted by Gasteiger charge is 2.31. The number of carbonyl (C=O) groups excluding carboxylic acids is 2. The summed E-state index contributed by atoms with van der Waals surface area (Å²) in [4.78, 5) is 29.5. The van der Waals surface area contributed by atoms with Gasteiger partial charge in [0.1, 0.15) is 5.75 Å². The van der Waals surface area contributed by atoms with E-state index in [9.17, 15) is 9.59 Å². The second kappa shape index (κ2) is 8.76. The number of piperidine rings is 1. The van der Waals surface area contributed by atoms with Gasteiger partial charge in [-0.05, 0) is 43.9 Å². The van der Waals surface area contributed by atoms with Gasteiger partial charge in [0.2, 0.25) is 5.91 Å². The number of carbonyl (C=O) groups is 2. The molecule has 5 nitrogen and oxygen atoms in total. The molecule has 142 valence electrons. The molecule has 0 saturated carbocycles. The van der Waals surface area contributed by atoms with Crippen molar-refractivity contribution in [1.29, 1.82) is 0 Å². The fraction of sp³-hybridized carbons (Fsp3) is 0.600. The Balaban J connectivity index is 1.60. The molecule has 2 fully saturated rings. The van der Waals surface area contributed by atoms with Crippen LogP contribution in [0, 0.1) is 5.92 Å². The highest BCUT2D eigenvalue weighted by Crippen LogP contribution is 2.27. The van der Waals surface area contributed by atoms with Gasteiger partial charge in [-0.1, -0.05) is 24.4 Å². The fourth-order valence-electron chi connectivity index (χ4n) is 3.90. The van der Waals surface area contributed by atoms with Gasteiger partial charge < -0.3 is 14.5 Å². The molecule has 2 amide bonds. The van der Waals surface area contributed by atoms with Gasteiger partial charge in [-0.15, -0.1) is 0 Å². The first-order valence-electron chi connectivity index (χ1n) is 9.51. The SMILES string of the molecule is COc1ccc(Cl)cc1C(=O)N1CCC(C(=O)N2CCCCCC2)CC1. The summed E-state index contributed by atoms with van der Waals surface area (Å²) in [7, 11) is 1.55. The van der Waals surface area contributed by atoms with Crippen LogP contribution in [0.2, 0.25) is 5.02 Å². The second-order valence-corrected chi connectivity index (χ2v) is 7.59. The molecule has 0 unspecified atom stereocenters. The molecule has 1 aromatic carbocycles. The zero-order valence-corrected chi connectivity index (χ0v) is 16.1. The minimum absolute atomic E-state index is 0.0402. The molecule has 0 radical (unpaired) electrons. The summed E-state index contributed by atoms with van der Waals surface area (Å²) in [5, 5.41) is 0.514. The van der Waals surface area contributed by atoms with E-state index in [-0.39, 0.29) is 17.7 Å². The topological polar surface area (TPSA) is 49.9 Å². The lowest BCUT2D eigenvalue weighted by Crippen LogP contribution is -2.44. The van der Waals surface area contributed by atoms with Gasteiger partial charge in [-0.2, -0.15) is 0 Å². The van der Waals surface area contributed by atoms with Crippen molar-refractivity contribution in [2.45, 2.75) is 38.5 Å². The van der Waals surface area contributed by atoms with Gasteiger partial charge in [0.05, 0.1) is 12.7 Å². The van der Waals surface area contributed by atoms with Gasteiger partial charge in [0.15, 0.2) is 0 Å². The largest absolute Gasteiger partial charge is 0.496 e. The summed E-state index contributed by atoms with van der Waals surface area (Å²) < 4.78 is 5.30. The Kier molecular flexibility index (Phi) is 6.41. The van der Waals surface area contributed by atoms with E-state index in [0.29, 0.717) is 29.4 Å². The van der Waals surface area contributed by atoms with Crippen LogP contribution in [-0.4, -0.2) is 54.9 Å². The maximum absolute atomic E-state index is 12.8. The molecular weight excluding hydrogens is 352 g/mol. The van der Waals surface area contributed by atoms with Crippen molar-refractivity contribution < 1.29 is 14.3 Å². The van der Waals surface area contributed by atoms with Crippen LogP contribution in [0.15, 0.2) is 18.2 Å². The molecule has 2 heterocycles. The van der Waals surface area contributed by atoms with Crippen LogP contribution in [0.4, 0.5) is 0 Å². The van der Waals surface area contributed by atoms with Crippen molar-refractivity contribution in [2.24, 2.45) is 5.92 Å². The Hall–Kier alpha value is -1.75. The number of rotatable bonds is 3. The van der Waals surface area contributed by atoms with Crippen LogP contribution in [0.5, 0.6) is 5.75 Å². The van der Waals surface area contributed by atoms with Crippen molar-refractivity contribution in [1.82, 2.24) is 9.80 Å². The maximum atomic E-state index is 12.8. The summed E-state index contributed by atoms with van der Waals surface area (Å²) in [5.41, 5.74) is 0.484. The molecule has 0 spiro atoms. The normalized spacial score (nSPS) is 19.2. The van der Waals surface area contributed by atoms with Crippen molar-refractivity contribution in [2.75, 3.05) is 33.3 Å². The predicted octanol–water partition coefficient (Wildman–Crippen LogP) is 3.60. The lowest BCUT2D eigenvalue weighted by Gasteiger charge is -2.34. The van der Waals surface area contributed by atoms with Crippen LogP contribution < -0.4 is 4.74 Å². The molecule has 26 heavy (non-hydrogen) atoms. The quantitative estimate of drug-likeness (QED) is 0.807. The first-order valence-corrected chi connectivity index (χ1v) is 9.89. The lowest BCUT2D eigenvalue weighted by molar-refractivity contribution is -0.136. The number of likely N-dealkylation sites (tertiary alicyclic amines) is 2. The monoisotopic (exact) mass is 378 g/mol. The highest BCUT2D eigenvalue weighted by molar-refractivity contribution is 6.31. The first-order chi connectivity index (χ1) is 12.6. The van der Waals surface area contributed by atoms with Crippen LogP contribution in [0.1, 0.15) is 48.9 Å². The van der Waals surface area contributed by atoms with E-state index in [4.69, 9.17) is 16.3 Å². The third-order valence-corrected chi connectivity index (χ3v) is 5.68. The van der Waals surface area contributed by atoms with Crippen molar-refractivity contribution in [3.8, 4) is 5.75 Å². The molecule has 0 aliphatic carbocycles. The molecule has 6 heteroatoms. The maximum Gasteiger partial charge on any atom is 0.257 e. The molecule has 0 N–H and O–H groups in total. The summed E-state index contributed by atoms with van der Waals surface area (Å²) >= 11 is 6.04. The van der Waals surface area contributed by atoms with Gasteiger partial charge in [0.25, 0.3) is 5.91 Å². The van der Waals surface area contributed by atoms with Crippen LogP contribution in [-0.2, 0) is 4.79 Å². The molecule has 2 aliphatic rings. The smallest absolute Gasteiger partial charge is 0.257 e. The van der Waals surface area contributed by atoms with Crippen molar-refractivity contribution in [3.05, 3.63) is 28.8 Å². The molecule has 2 saturated heterocycles. The molecule has 2 aliphatic heterocycles. The van der Waals surface area contributed by atoms with Crippen LogP contribution >= 0.6 is 11.6 Å². The number of methoxy groups -OCH3 is 1. The molecular formula is C20H27ClN2O3. The van der Waals surface area contributed by atoms with E-state index >= 15 is 0 Å². The van der Waals surface area contributed by atoms with Crippen LogP contribution in [0.3, 0.4) is 0 Å². The Morgan fingerprint density at radius 1 is 1.00 bits per heavy atom. The molecule has 3 rings (SSSR count). The molecule has 1 aromatic rings. The minimum Gasteiger partial charge on any atom is -0.496 e. The number of nitrogens with zero attached hydrogens (tertiary/aromatic N) is 2. The third kappa shape index (κ3) is 4.32. The third-order valence-electron chi connectivity index (χ3n) is 5.44. The second-order valence-electron chi connectivity index (χ2n) is 7.15. The summed E-state index contributed by atoms with van der Waals surface area (Å²) in [6, 6.07) is 5.08. The van der Waals surface area contributed by atoms with E-state index < -0.39 is 0 Å².